The summed E-state index contributed by atoms with van der Waals surface area (Å²) in [5.74, 6) is 0. The molecule has 0 bridgehead atoms. The standard InChI is InChI=1S/C20H15N3/c1-14-18-17(12-13-21-14)22-19(15-8-4-2-5-9-15)20(23-18)16-10-6-3-7-11-16/h2-13H,1H3. The first-order valence-electron chi connectivity index (χ1n) is 7.57. The molecule has 0 amide bonds. The molecule has 4 rings (SSSR count). The molecule has 0 atom stereocenters. The molecule has 0 saturated carbocycles. The number of hydrogen-bond acceptors (Lipinski definition) is 3. The van der Waals surface area contributed by atoms with Gasteiger partial charge in [-0.15, -0.1) is 0 Å². The highest BCUT2D eigenvalue weighted by atomic mass is 14.9. The van der Waals surface area contributed by atoms with Gasteiger partial charge < -0.3 is 0 Å². The second kappa shape index (κ2) is 5.61. The highest BCUT2D eigenvalue weighted by molar-refractivity contribution is 5.86. The number of hydrogen-bond donors (Lipinski definition) is 0. The third-order valence-corrected chi connectivity index (χ3v) is 3.86. The summed E-state index contributed by atoms with van der Waals surface area (Å²) >= 11 is 0. The van der Waals surface area contributed by atoms with E-state index in [9.17, 15) is 0 Å². The maximum atomic E-state index is 4.90. The number of benzene rings is 2. The van der Waals surface area contributed by atoms with Crippen LogP contribution in [-0.2, 0) is 0 Å². The predicted octanol–water partition coefficient (Wildman–Crippen LogP) is 4.67. The van der Waals surface area contributed by atoms with Gasteiger partial charge in [-0.25, -0.2) is 9.97 Å². The molecule has 0 saturated heterocycles. The minimum atomic E-state index is 0.853. The van der Waals surface area contributed by atoms with Gasteiger partial charge in [-0.2, -0.15) is 0 Å². The second-order valence-electron chi connectivity index (χ2n) is 5.42. The first kappa shape index (κ1) is 13.6. The van der Waals surface area contributed by atoms with Crippen LogP contribution in [0.25, 0.3) is 33.5 Å². The number of nitrogens with zero attached hydrogens (tertiary/aromatic N) is 3. The Bertz CT molecular complexity index is 964. The lowest BCUT2D eigenvalue weighted by Gasteiger charge is -2.11. The Labute approximate surface area is 134 Å². The lowest BCUT2D eigenvalue weighted by molar-refractivity contribution is 1.18. The van der Waals surface area contributed by atoms with Crippen LogP contribution < -0.4 is 0 Å². The molecule has 0 aliphatic heterocycles. The largest absolute Gasteiger partial charge is 0.259 e. The highest BCUT2D eigenvalue weighted by Gasteiger charge is 2.13. The summed E-state index contributed by atoms with van der Waals surface area (Å²) in [7, 11) is 0. The van der Waals surface area contributed by atoms with Crippen molar-refractivity contribution in [2.24, 2.45) is 0 Å². The van der Waals surface area contributed by atoms with Crippen LogP contribution in [0.1, 0.15) is 5.69 Å². The fourth-order valence-corrected chi connectivity index (χ4v) is 2.71. The number of aryl methyl sites for hydroxylation is 1. The monoisotopic (exact) mass is 297 g/mol. The van der Waals surface area contributed by atoms with Gasteiger partial charge >= 0.3 is 0 Å². The van der Waals surface area contributed by atoms with Gasteiger partial charge in [-0.3, -0.25) is 4.98 Å². The molecule has 3 nitrogen and oxygen atoms in total. The predicted molar refractivity (Wildman–Crippen MR) is 92.9 cm³/mol. The van der Waals surface area contributed by atoms with E-state index >= 15 is 0 Å². The number of pyridine rings is 1. The molecular weight excluding hydrogens is 282 g/mol. The Hall–Kier alpha value is -3.07. The van der Waals surface area contributed by atoms with E-state index in [0.29, 0.717) is 0 Å². The van der Waals surface area contributed by atoms with Gasteiger partial charge in [0.2, 0.25) is 0 Å². The summed E-state index contributed by atoms with van der Waals surface area (Å²) in [5, 5.41) is 0. The average molecular weight is 297 g/mol. The molecule has 0 aliphatic carbocycles. The van der Waals surface area contributed by atoms with Crippen LogP contribution in [0.15, 0.2) is 72.9 Å². The Balaban J connectivity index is 2.07. The van der Waals surface area contributed by atoms with E-state index in [-0.39, 0.29) is 0 Å². The van der Waals surface area contributed by atoms with Crippen LogP contribution in [0, 0.1) is 6.92 Å². The Morgan fingerprint density at radius 2 is 1.22 bits per heavy atom. The summed E-state index contributed by atoms with van der Waals surface area (Å²) in [6, 6.07) is 22.3. The summed E-state index contributed by atoms with van der Waals surface area (Å²) in [6.45, 7) is 1.97. The number of rotatable bonds is 2. The van der Waals surface area contributed by atoms with Gasteiger partial charge in [0, 0.05) is 17.3 Å². The van der Waals surface area contributed by atoms with Gasteiger partial charge in [-0.05, 0) is 13.0 Å². The van der Waals surface area contributed by atoms with E-state index in [1.54, 1.807) is 6.20 Å². The zero-order valence-electron chi connectivity index (χ0n) is 12.8. The van der Waals surface area contributed by atoms with Crippen molar-refractivity contribution in [3.63, 3.8) is 0 Å². The molecule has 0 aliphatic rings. The SMILES string of the molecule is Cc1nccc2nc(-c3ccccc3)c(-c3ccccc3)nc12. The third kappa shape index (κ3) is 2.46. The van der Waals surface area contributed by atoms with Crippen LogP contribution in [0.3, 0.4) is 0 Å². The van der Waals surface area contributed by atoms with E-state index in [4.69, 9.17) is 9.97 Å². The number of fused-ring (bicyclic) bond motifs is 1. The van der Waals surface area contributed by atoms with Gasteiger partial charge in [0.15, 0.2) is 0 Å². The summed E-state index contributed by atoms with van der Waals surface area (Å²) in [5.41, 5.74) is 6.53. The molecule has 2 aromatic heterocycles. The molecule has 0 unspecified atom stereocenters. The Morgan fingerprint density at radius 3 is 1.83 bits per heavy atom. The zero-order chi connectivity index (χ0) is 15.6. The summed E-state index contributed by atoms with van der Waals surface area (Å²) in [4.78, 5) is 14.1. The molecule has 0 spiro atoms. The fraction of sp³-hybridized carbons (Fsp3) is 0.0500. The van der Waals surface area contributed by atoms with Crippen LogP contribution in [0.2, 0.25) is 0 Å². The normalized spacial score (nSPS) is 10.8. The van der Waals surface area contributed by atoms with Crippen LogP contribution in [0.5, 0.6) is 0 Å². The van der Waals surface area contributed by atoms with Crippen LogP contribution >= 0.6 is 0 Å². The maximum absolute atomic E-state index is 4.90. The van der Waals surface area contributed by atoms with Crippen molar-refractivity contribution in [2.75, 3.05) is 0 Å². The molecular formula is C20H15N3. The van der Waals surface area contributed by atoms with Crippen LogP contribution in [0.4, 0.5) is 0 Å². The zero-order valence-corrected chi connectivity index (χ0v) is 12.8. The Morgan fingerprint density at radius 1 is 0.652 bits per heavy atom. The second-order valence-corrected chi connectivity index (χ2v) is 5.42. The summed E-state index contributed by atoms with van der Waals surface area (Å²) < 4.78 is 0. The van der Waals surface area contributed by atoms with Crippen molar-refractivity contribution in [1.82, 2.24) is 15.0 Å². The van der Waals surface area contributed by atoms with Gasteiger partial charge in [0.05, 0.1) is 22.6 Å². The average Bonchev–Trinajstić information content (AvgIpc) is 2.63. The van der Waals surface area contributed by atoms with Gasteiger partial charge in [0.25, 0.3) is 0 Å². The van der Waals surface area contributed by atoms with Crippen molar-refractivity contribution >= 4 is 11.0 Å². The molecule has 110 valence electrons. The molecule has 0 N–H and O–H groups in total. The topological polar surface area (TPSA) is 38.7 Å². The van der Waals surface area contributed by atoms with Crippen molar-refractivity contribution in [3.8, 4) is 22.5 Å². The van der Waals surface area contributed by atoms with E-state index in [1.807, 2.05) is 49.4 Å². The van der Waals surface area contributed by atoms with Crippen LogP contribution in [-0.4, -0.2) is 15.0 Å². The molecule has 0 fully saturated rings. The smallest absolute Gasteiger partial charge is 0.111 e. The summed E-state index contributed by atoms with van der Waals surface area (Å²) in [6.07, 6.45) is 1.78. The highest BCUT2D eigenvalue weighted by Crippen LogP contribution is 2.31. The van der Waals surface area contributed by atoms with Crippen molar-refractivity contribution in [2.45, 2.75) is 6.92 Å². The van der Waals surface area contributed by atoms with E-state index in [2.05, 4.69) is 29.2 Å². The van der Waals surface area contributed by atoms with E-state index in [1.165, 1.54) is 0 Å². The fourth-order valence-electron chi connectivity index (χ4n) is 2.71. The molecule has 2 heterocycles. The molecule has 0 radical (unpaired) electrons. The molecule has 3 heteroatoms. The first-order chi connectivity index (χ1) is 11.3. The lowest BCUT2D eigenvalue weighted by Crippen LogP contribution is -1.97. The lowest BCUT2D eigenvalue weighted by atomic mass is 10.0. The van der Waals surface area contributed by atoms with Crippen molar-refractivity contribution in [1.29, 1.82) is 0 Å². The van der Waals surface area contributed by atoms with E-state index < -0.39 is 0 Å². The van der Waals surface area contributed by atoms with Crippen molar-refractivity contribution < 1.29 is 0 Å². The molecule has 4 aromatic rings. The van der Waals surface area contributed by atoms with E-state index in [0.717, 1.165) is 39.2 Å². The minimum Gasteiger partial charge on any atom is -0.259 e. The Kier molecular flexibility index (Phi) is 3.31. The first-order valence-corrected chi connectivity index (χ1v) is 7.57. The maximum Gasteiger partial charge on any atom is 0.111 e. The van der Waals surface area contributed by atoms with Crippen molar-refractivity contribution in [3.05, 3.63) is 78.6 Å². The molecule has 2 aromatic carbocycles. The quantitative estimate of drug-likeness (QED) is 0.540. The van der Waals surface area contributed by atoms with Gasteiger partial charge in [0.1, 0.15) is 5.52 Å². The third-order valence-electron chi connectivity index (χ3n) is 3.86. The number of aromatic nitrogens is 3. The van der Waals surface area contributed by atoms with Gasteiger partial charge in [-0.1, -0.05) is 60.7 Å². The minimum absolute atomic E-state index is 0.853. The molecule has 23 heavy (non-hydrogen) atoms.